The highest BCUT2D eigenvalue weighted by molar-refractivity contribution is 6.28. The molecule has 0 aliphatic carbocycles. The van der Waals surface area contributed by atoms with Gasteiger partial charge in [-0.3, -0.25) is 4.79 Å². The molecule has 0 saturated carbocycles. The normalized spacial score (nSPS) is 10.4. The van der Waals surface area contributed by atoms with Gasteiger partial charge < -0.3 is 10.6 Å². The van der Waals surface area contributed by atoms with E-state index < -0.39 is 0 Å². The van der Waals surface area contributed by atoms with Gasteiger partial charge in [0.1, 0.15) is 5.82 Å². The molecule has 0 fully saturated rings. The van der Waals surface area contributed by atoms with Gasteiger partial charge in [-0.15, -0.1) is 0 Å². The predicted molar refractivity (Wildman–Crippen MR) is 68.2 cm³/mol. The second-order valence-electron chi connectivity index (χ2n) is 4.06. The predicted octanol–water partition coefficient (Wildman–Crippen LogP) is 1.77. The fraction of sp³-hybridized carbons (Fsp3) is 0.545. The summed E-state index contributed by atoms with van der Waals surface area (Å²) < 4.78 is 0. The summed E-state index contributed by atoms with van der Waals surface area (Å²) in [5.41, 5.74) is 0.791. The standard InChI is InChI=1S/C11H17ClN4O/c1-7(2)14-10(17)4-5-13-9-6-8(3)15-11(12)16-9/h6-7H,4-5H2,1-3H3,(H,14,17)(H,13,15,16). The Balaban J connectivity index is 2.38. The zero-order chi connectivity index (χ0) is 12.8. The van der Waals surface area contributed by atoms with Crippen LogP contribution in [0, 0.1) is 6.92 Å². The van der Waals surface area contributed by atoms with Crippen molar-refractivity contribution in [3.63, 3.8) is 0 Å². The van der Waals surface area contributed by atoms with Crippen LogP contribution in [0.5, 0.6) is 0 Å². The van der Waals surface area contributed by atoms with Gasteiger partial charge >= 0.3 is 0 Å². The molecule has 0 bridgehead atoms. The Morgan fingerprint density at radius 2 is 2.18 bits per heavy atom. The molecule has 94 valence electrons. The highest BCUT2D eigenvalue weighted by Gasteiger charge is 2.04. The summed E-state index contributed by atoms with van der Waals surface area (Å²) in [4.78, 5) is 19.3. The van der Waals surface area contributed by atoms with E-state index in [0.29, 0.717) is 18.8 Å². The van der Waals surface area contributed by atoms with E-state index in [4.69, 9.17) is 11.6 Å². The van der Waals surface area contributed by atoms with Gasteiger partial charge in [0.15, 0.2) is 0 Å². The summed E-state index contributed by atoms with van der Waals surface area (Å²) in [5.74, 6) is 0.657. The smallest absolute Gasteiger partial charge is 0.224 e. The summed E-state index contributed by atoms with van der Waals surface area (Å²) in [6.07, 6.45) is 0.402. The van der Waals surface area contributed by atoms with Crippen LogP contribution >= 0.6 is 11.6 Å². The van der Waals surface area contributed by atoms with Crippen molar-refractivity contribution in [2.24, 2.45) is 0 Å². The van der Waals surface area contributed by atoms with Crippen LogP contribution in [0.2, 0.25) is 5.28 Å². The number of hydrogen-bond donors (Lipinski definition) is 2. The molecule has 5 nitrogen and oxygen atoms in total. The summed E-state index contributed by atoms with van der Waals surface area (Å²) in [7, 11) is 0. The summed E-state index contributed by atoms with van der Waals surface area (Å²) in [5, 5.41) is 6.06. The number of nitrogens with zero attached hydrogens (tertiary/aromatic N) is 2. The van der Waals surface area contributed by atoms with Crippen molar-refractivity contribution >= 4 is 23.3 Å². The Kier molecular flexibility index (Phi) is 5.15. The average Bonchev–Trinajstić information content (AvgIpc) is 2.14. The van der Waals surface area contributed by atoms with E-state index in [1.165, 1.54) is 0 Å². The maximum Gasteiger partial charge on any atom is 0.224 e. The molecule has 0 saturated heterocycles. The van der Waals surface area contributed by atoms with Crippen LogP contribution in [0.25, 0.3) is 0 Å². The van der Waals surface area contributed by atoms with Gasteiger partial charge in [0.05, 0.1) is 0 Å². The van der Waals surface area contributed by atoms with Crippen LogP contribution < -0.4 is 10.6 Å². The molecule has 2 N–H and O–H groups in total. The first kappa shape index (κ1) is 13.7. The molecule has 1 amide bonds. The highest BCUT2D eigenvalue weighted by Crippen LogP contribution is 2.09. The fourth-order valence-electron chi connectivity index (χ4n) is 1.32. The van der Waals surface area contributed by atoms with Crippen LogP contribution in [0.3, 0.4) is 0 Å². The quantitative estimate of drug-likeness (QED) is 0.788. The second kappa shape index (κ2) is 6.39. The van der Waals surface area contributed by atoms with Crippen molar-refractivity contribution in [1.82, 2.24) is 15.3 Å². The molecule has 0 atom stereocenters. The zero-order valence-electron chi connectivity index (χ0n) is 10.2. The molecular weight excluding hydrogens is 240 g/mol. The zero-order valence-corrected chi connectivity index (χ0v) is 11.0. The molecular formula is C11H17ClN4O. The lowest BCUT2D eigenvalue weighted by Gasteiger charge is -2.09. The highest BCUT2D eigenvalue weighted by atomic mass is 35.5. The summed E-state index contributed by atoms with van der Waals surface area (Å²) in [6.45, 7) is 6.22. The van der Waals surface area contributed by atoms with Crippen molar-refractivity contribution < 1.29 is 4.79 Å². The third-order valence-electron chi connectivity index (χ3n) is 1.93. The summed E-state index contributed by atoms with van der Waals surface area (Å²) in [6, 6.07) is 1.95. The molecule has 0 aromatic carbocycles. The van der Waals surface area contributed by atoms with Crippen LogP contribution in [0.15, 0.2) is 6.07 Å². The monoisotopic (exact) mass is 256 g/mol. The SMILES string of the molecule is Cc1cc(NCCC(=O)NC(C)C)nc(Cl)n1. The number of carbonyl (C=O) groups is 1. The number of hydrogen-bond acceptors (Lipinski definition) is 4. The van der Waals surface area contributed by atoms with Crippen molar-refractivity contribution in [1.29, 1.82) is 0 Å². The number of rotatable bonds is 5. The number of amides is 1. The number of carbonyl (C=O) groups excluding carboxylic acids is 1. The summed E-state index contributed by atoms with van der Waals surface area (Å²) >= 11 is 5.72. The maximum atomic E-state index is 11.4. The molecule has 0 unspecified atom stereocenters. The lowest BCUT2D eigenvalue weighted by molar-refractivity contribution is -0.121. The lowest BCUT2D eigenvalue weighted by Crippen LogP contribution is -2.31. The molecule has 0 spiro atoms. The first-order valence-corrected chi connectivity index (χ1v) is 5.89. The molecule has 1 aromatic rings. The van der Waals surface area contributed by atoms with Gasteiger partial charge in [0.25, 0.3) is 0 Å². The molecule has 1 aromatic heterocycles. The van der Waals surface area contributed by atoms with E-state index in [-0.39, 0.29) is 17.2 Å². The number of halogens is 1. The molecule has 0 radical (unpaired) electrons. The molecule has 1 rings (SSSR count). The molecule has 0 aliphatic rings. The van der Waals surface area contributed by atoms with Gasteiger partial charge in [0.2, 0.25) is 11.2 Å². The molecule has 1 heterocycles. The average molecular weight is 257 g/mol. The first-order valence-electron chi connectivity index (χ1n) is 5.52. The Morgan fingerprint density at radius 3 is 2.76 bits per heavy atom. The Hall–Kier alpha value is -1.36. The molecule has 6 heteroatoms. The van der Waals surface area contributed by atoms with Crippen molar-refractivity contribution in [2.75, 3.05) is 11.9 Å². The number of aryl methyl sites for hydroxylation is 1. The Morgan fingerprint density at radius 1 is 1.47 bits per heavy atom. The minimum atomic E-state index is 0.0179. The van der Waals surface area contributed by atoms with Gasteiger partial charge in [-0.25, -0.2) is 9.97 Å². The van der Waals surface area contributed by atoms with E-state index in [1.54, 1.807) is 6.07 Å². The number of anilines is 1. The van der Waals surface area contributed by atoms with Gasteiger partial charge in [-0.2, -0.15) is 0 Å². The van der Waals surface area contributed by atoms with E-state index >= 15 is 0 Å². The second-order valence-corrected chi connectivity index (χ2v) is 4.40. The fourth-order valence-corrected chi connectivity index (χ4v) is 1.55. The molecule has 0 aliphatic heterocycles. The van der Waals surface area contributed by atoms with E-state index in [2.05, 4.69) is 20.6 Å². The lowest BCUT2D eigenvalue weighted by atomic mass is 10.3. The maximum absolute atomic E-state index is 11.4. The van der Waals surface area contributed by atoms with Gasteiger partial charge in [-0.1, -0.05) is 0 Å². The molecule has 17 heavy (non-hydrogen) atoms. The number of nitrogens with one attached hydrogen (secondary N) is 2. The van der Waals surface area contributed by atoms with Crippen LogP contribution in [0.4, 0.5) is 5.82 Å². The Labute approximate surface area is 106 Å². The van der Waals surface area contributed by atoms with Crippen molar-refractivity contribution in [3.05, 3.63) is 17.0 Å². The minimum Gasteiger partial charge on any atom is -0.369 e. The van der Waals surface area contributed by atoms with Crippen LogP contribution in [-0.4, -0.2) is 28.5 Å². The van der Waals surface area contributed by atoms with Crippen LogP contribution in [0.1, 0.15) is 26.0 Å². The van der Waals surface area contributed by atoms with E-state index in [9.17, 15) is 4.79 Å². The van der Waals surface area contributed by atoms with Crippen molar-refractivity contribution in [3.8, 4) is 0 Å². The van der Waals surface area contributed by atoms with Gasteiger partial charge in [0, 0.05) is 30.8 Å². The largest absolute Gasteiger partial charge is 0.369 e. The van der Waals surface area contributed by atoms with E-state index in [1.807, 2.05) is 20.8 Å². The minimum absolute atomic E-state index is 0.0179. The Bertz CT molecular complexity index is 375. The van der Waals surface area contributed by atoms with Gasteiger partial charge in [-0.05, 0) is 32.4 Å². The topological polar surface area (TPSA) is 66.9 Å². The number of aromatic nitrogens is 2. The van der Waals surface area contributed by atoms with Crippen molar-refractivity contribution in [2.45, 2.75) is 33.2 Å². The van der Waals surface area contributed by atoms with Crippen LogP contribution in [-0.2, 0) is 4.79 Å². The first-order chi connectivity index (χ1) is 7.97. The van der Waals surface area contributed by atoms with E-state index in [0.717, 1.165) is 5.69 Å². The third-order valence-corrected chi connectivity index (χ3v) is 2.10. The third kappa shape index (κ3) is 5.49.